The Labute approximate surface area is 118 Å². The smallest absolute Gasteiger partial charge is 0.303 e. The van der Waals surface area contributed by atoms with Crippen LogP contribution < -0.4 is 5.32 Å². The molecule has 0 fully saturated rings. The Bertz CT molecular complexity index is 462. The summed E-state index contributed by atoms with van der Waals surface area (Å²) in [7, 11) is 0. The number of nitrogens with one attached hydrogen (secondary N) is 1. The van der Waals surface area contributed by atoms with E-state index in [0.29, 0.717) is 25.8 Å². The number of hydrogen-bond acceptors (Lipinski definition) is 2. The van der Waals surface area contributed by atoms with Crippen molar-refractivity contribution in [2.24, 2.45) is 0 Å². The van der Waals surface area contributed by atoms with Crippen molar-refractivity contribution in [2.45, 2.75) is 38.5 Å². The van der Waals surface area contributed by atoms with Crippen LogP contribution >= 0.6 is 0 Å². The second-order valence-corrected chi connectivity index (χ2v) is 4.86. The molecule has 0 aliphatic heterocycles. The zero-order valence-electron chi connectivity index (χ0n) is 11.6. The molecule has 0 aromatic heterocycles. The van der Waals surface area contributed by atoms with Gasteiger partial charge in [-0.05, 0) is 36.5 Å². The Morgan fingerprint density at radius 2 is 2.10 bits per heavy atom. The molecule has 4 nitrogen and oxygen atoms in total. The average Bonchev–Trinajstić information content (AvgIpc) is 2.37. The molecular formula is C15H20FNO3. The van der Waals surface area contributed by atoms with Crippen molar-refractivity contribution in [3.8, 4) is 0 Å². The van der Waals surface area contributed by atoms with Gasteiger partial charge in [0.25, 0.3) is 0 Å². The monoisotopic (exact) mass is 281 g/mol. The van der Waals surface area contributed by atoms with E-state index in [4.69, 9.17) is 5.11 Å². The molecule has 0 bridgehead atoms. The first kappa shape index (κ1) is 16.1. The van der Waals surface area contributed by atoms with Gasteiger partial charge in [0.15, 0.2) is 0 Å². The first-order valence-electron chi connectivity index (χ1n) is 6.73. The van der Waals surface area contributed by atoms with Gasteiger partial charge in [-0.25, -0.2) is 4.39 Å². The number of amides is 1. The molecule has 1 aromatic carbocycles. The second-order valence-electron chi connectivity index (χ2n) is 4.86. The minimum absolute atomic E-state index is 0.0512. The van der Waals surface area contributed by atoms with E-state index in [9.17, 15) is 14.0 Å². The van der Waals surface area contributed by atoms with E-state index in [2.05, 4.69) is 5.32 Å². The fraction of sp³-hybridized carbons (Fsp3) is 0.467. The van der Waals surface area contributed by atoms with Gasteiger partial charge in [-0.15, -0.1) is 0 Å². The molecule has 1 unspecified atom stereocenters. The Balaban J connectivity index is 2.26. The number of carbonyl (C=O) groups is 2. The maximum absolute atomic E-state index is 13.1. The van der Waals surface area contributed by atoms with E-state index in [1.54, 1.807) is 12.1 Å². The van der Waals surface area contributed by atoms with Crippen LogP contribution in [0.15, 0.2) is 24.3 Å². The van der Waals surface area contributed by atoms with Gasteiger partial charge in [0, 0.05) is 19.4 Å². The van der Waals surface area contributed by atoms with Crippen LogP contribution in [0.25, 0.3) is 0 Å². The number of rotatable bonds is 8. The fourth-order valence-electron chi connectivity index (χ4n) is 1.91. The topological polar surface area (TPSA) is 66.4 Å². The number of halogens is 1. The number of unbranched alkanes of at least 4 members (excludes halogenated alkanes) is 1. The zero-order chi connectivity index (χ0) is 15.0. The van der Waals surface area contributed by atoms with Crippen molar-refractivity contribution in [3.05, 3.63) is 35.6 Å². The summed E-state index contributed by atoms with van der Waals surface area (Å²) < 4.78 is 13.1. The number of hydrogen-bond donors (Lipinski definition) is 2. The number of carboxylic acid groups (broad SMARTS) is 1. The number of benzene rings is 1. The molecule has 0 aliphatic rings. The standard InChI is InChI=1S/C15H20FNO3/c1-11(12-5-4-6-13(16)10-12)9-14(18)17-8-3-2-7-15(19)20/h4-6,10-11H,2-3,7-9H2,1H3,(H,17,18)(H,19,20). The van der Waals surface area contributed by atoms with Crippen molar-refractivity contribution in [1.29, 1.82) is 0 Å². The quantitative estimate of drug-likeness (QED) is 0.720. The van der Waals surface area contributed by atoms with Gasteiger partial charge < -0.3 is 10.4 Å². The van der Waals surface area contributed by atoms with Crippen LogP contribution in [0.2, 0.25) is 0 Å². The van der Waals surface area contributed by atoms with Crippen molar-refractivity contribution in [3.63, 3.8) is 0 Å². The highest BCUT2D eigenvalue weighted by atomic mass is 19.1. The molecule has 0 saturated carbocycles. The molecule has 1 amide bonds. The molecule has 0 aliphatic carbocycles. The van der Waals surface area contributed by atoms with E-state index in [1.165, 1.54) is 12.1 Å². The van der Waals surface area contributed by atoms with Crippen molar-refractivity contribution in [2.75, 3.05) is 6.54 Å². The molecule has 0 radical (unpaired) electrons. The molecule has 0 heterocycles. The SMILES string of the molecule is CC(CC(=O)NCCCCC(=O)O)c1cccc(F)c1. The number of carbonyl (C=O) groups excluding carboxylic acids is 1. The van der Waals surface area contributed by atoms with E-state index in [1.807, 2.05) is 6.92 Å². The first-order chi connectivity index (χ1) is 9.49. The summed E-state index contributed by atoms with van der Waals surface area (Å²) in [6, 6.07) is 6.24. The van der Waals surface area contributed by atoms with E-state index in [0.717, 1.165) is 5.56 Å². The number of aliphatic carboxylic acids is 1. The van der Waals surface area contributed by atoms with Gasteiger partial charge in [0.1, 0.15) is 5.82 Å². The van der Waals surface area contributed by atoms with Gasteiger partial charge in [0.2, 0.25) is 5.91 Å². The summed E-state index contributed by atoms with van der Waals surface area (Å²) in [5, 5.41) is 11.2. The van der Waals surface area contributed by atoms with Crippen LogP contribution in [0.4, 0.5) is 4.39 Å². The summed E-state index contributed by atoms with van der Waals surface area (Å²) in [6.07, 6.45) is 1.61. The van der Waals surface area contributed by atoms with E-state index < -0.39 is 5.97 Å². The van der Waals surface area contributed by atoms with Crippen LogP contribution in [0.5, 0.6) is 0 Å². The third-order valence-electron chi connectivity index (χ3n) is 3.05. The molecular weight excluding hydrogens is 261 g/mol. The second kappa shape index (κ2) is 8.30. The van der Waals surface area contributed by atoms with Crippen LogP contribution in [0.3, 0.4) is 0 Å². The van der Waals surface area contributed by atoms with Crippen molar-refractivity contribution < 1.29 is 19.1 Å². The Hall–Kier alpha value is -1.91. The molecule has 20 heavy (non-hydrogen) atoms. The largest absolute Gasteiger partial charge is 0.481 e. The van der Waals surface area contributed by atoms with E-state index in [-0.39, 0.29) is 24.1 Å². The molecule has 0 spiro atoms. The summed E-state index contributed by atoms with van der Waals surface area (Å²) in [4.78, 5) is 22.0. The van der Waals surface area contributed by atoms with Crippen molar-refractivity contribution >= 4 is 11.9 Å². The van der Waals surface area contributed by atoms with Gasteiger partial charge in [-0.1, -0.05) is 19.1 Å². The predicted octanol–water partition coefficient (Wildman–Crippen LogP) is 2.69. The van der Waals surface area contributed by atoms with Gasteiger partial charge in [-0.2, -0.15) is 0 Å². The lowest BCUT2D eigenvalue weighted by atomic mass is 9.97. The lowest BCUT2D eigenvalue weighted by Crippen LogP contribution is -2.25. The van der Waals surface area contributed by atoms with Gasteiger partial charge in [0.05, 0.1) is 0 Å². The lowest BCUT2D eigenvalue weighted by molar-refractivity contribution is -0.137. The maximum Gasteiger partial charge on any atom is 0.303 e. The number of carboxylic acids is 1. The summed E-state index contributed by atoms with van der Waals surface area (Å²) in [5.74, 6) is -1.28. The highest BCUT2D eigenvalue weighted by Crippen LogP contribution is 2.19. The molecule has 110 valence electrons. The lowest BCUT2D eigenvalue weighted by Gasteiger charge is -2.12. The van der Waals surface area contributed by atoms with Crippen LogP contribution in [-0.2, 0) is 9.59 Å². The normalized spacial score (nSPS) is 11.9. The summed E-state index contributed by atoms with van der Waals surface area (Å²) >= 11 is 0. The maximum atomic E-state index is 13.1. The molecule has 0 saturated heterocycles. The third kappa shape index (κ3) is 6.31. The van der Waals surface area contributed by atoms with Crippen LogP contribution in [0, 0.1) is 5.82 Å². The predicted molar refractivity (Wildman–Crippen MR) is 73.9 cm³/mol. The average molecular weight is 281 g/mol. The molecule has 1 atom stereocenters. The Morgan fingerprint density at radius 1 is 1.35 bits per heavy atom. The molecule has 2 N–H and O–H groups in total. The zero-order valence-corrected chi connectivity index (χ0v) is 11.6. The van der Waals surface area contributed by atoms with Crippen LogP contribution in [0.1, 0.15) is 44.1 Å². The van der Waals surface area contributed by atoms with Crippen molar-refractivity contribution in [1.82, 2.24) is 5.32 Å². The summed E-state index contributed by atoms with van der Waals surface area (Å²) in [5.41, 5.74) is 0.797. The Kier molecular flexibility index (Phi) is 6.70. The minimum atomic E-state index is -0.823. The van der Waals surface area contributed by atoms with Gasteiger partial charge >= 0.3 is 5.97 Å². The summed E-state index contributed by atoms with van der Waals surface area (Å²) in [6.45, 7) is 2.35. The first-order valence-corrected chi connectivity index (χ1v) is 6.73. The highest BCUT2D eigenvalue weighted by molar-refractivity contribution is 5.76. The third-order valence-corrected chi connectivity index (χ3v) is 3.05. The van der Waals surface area contributed by atoms with E-state index >= 15 is 0 Å². The fourth-order valence-corrected chi connectivity index (χ4v) is 1.91. The highest BCUT2D eigenvalue weighted by Gasteiger charge is 2.11. The molecule has 1 rings (SSSR count). The van der Waals surface area contributed by atoms with Crippen LogP contribution in [-0.4, -0.2) is 23.5 Å². The Morgan fingerprint density at radius 3 is 2.75 bits per heavy atom. The molecule has 1 aromatic rings. The van der Waals surface area contributed by atoms with Gasteiger partial charge in [-0.3, -0.25) is 9.59 Å². The minimum Gasteiger partial charge on any atom is -0.481 e. The molecule has 5 heteroatoms.